The minimum absolute atomic E-state index is 0.440. The Kier molecular flexibility index (Phi) is 3.86. The third kappa shape index (κ3) is 2.61. The number of rotatable bonds is 3. The Labute approximate surface area is 151 Å². The van der Waals surface area contributed by atoms with Crippen LogP contribution in [0.4, 0.5) is 0 Å². The number of H-pyrrole nitrogens is 2. The number of hydrogen-bond acceptors (Lipinski definition) is 2. The average molecular weight is 399 g/mol. The van der Waals surface area contributed by atoms with E-state index in [0.29, 0.717) is 16.8 Å². The number of halogens is 1. The van der Waals surface area contributed by atoms with E-state index in [9.17, 15) is 0 Å². The van der Waals surface area contributed by atoms with Crippen LogP contribution in [0, 0.1) is 10.2 Å². The van der Waals surface area contributed by atoms with Crippen LogP contribution in [-0.2, 0) is 13.0 Å². The van der Waals surface area contributed by atoms with Crippen LogP contribution in [0.3, 0.4) is 0 Å². The summed E-state index contributed by atoms with van der Waals surface area (Å²) in [6.45, 7) is 0.665. The second-order valence-electron chi connectivity index (χ2n) is 5.73. The van der Waals surface area contributed by atoms with Crippen LogP contribution < -0.4 is 5.49 Å². The van der Waals surface area contributed by atoms with E-state index in [0.717, 1.165) is 27.3 Å². The topological polar surface area (TPSA) is 60.4 Å². The maximum Gasteiger partial charge on any atom is 0.179 e. The largest absolute Gasteiger partial charge is 0.361 e. The highest BCUT2D eigenvalue weighted by Crippen LogP contribution is 2.19. The summed E-state index contributed by atoms with van der Waals surface area (Å²) in [6, 6.07) is 14.1. The summed E-state index contributed by atoms with van der Waals surface area (Å²) in [7, 11) is 0. The Morgan fingerprint density at radius 2 is 1.92 bits per heavy atom. The van der Waals surface area contributed by atoms with Crippen LogP contribution in [0.5, 0.6) is 0 Å². The van der Waals surface area contributed by atoms with Crippen LogP contribution in [0.1, 0.15) is 5.56 Å². The number of aromatic nitrogens is 3. The molecule has 2 aromatic carbocycles. The summed E-state index contributed by atoms with van der Waals surface area (Å²) in [5, 5.41) is 10.6. The minimum Gasteiger partial charge on any atom is -0.361 e. The number of fused-ring (bicyclic) bond motifs is 2. The molecule has 3 N–H and O–H groups in total. The molecule has 4 rings (SSSR count). The van der Waals surface area contributed by atoms with Crippen molar-refractivity contribution in [2.24, 2.45) is 0 Å². The van der Waals surface area contributed by atoms with Gasteiger partial charge in [-0.3, -0.25) is 5.41 Å². The van der Waals surface area contributed by atoms with Crippen molar-refractivity contribution in [1.29, 1.82) is 5.41 Å². The van der Waals surface area contributed by atoms with Crippen LogP contribution >= 0.6 is 28.1 Å². The molecule has 6 heteroatoms. The zero-order valence-electron chi connectivity index (χ0n) is 12.8. The first-order valence-corrected chi connectivity index (χ1v) is 8.85. The number of nitrogens with zero attached hydrogens (tertiary/aromatic N) is 1. The van der Waals surface area contributed by atoms with Gasteiger partial charge < -0.3 is 14.5 Å². The molecule has 0 bridgehead atoms. The molecule has 4 nitrogen and oxygen atoms in total. The standard InChI is InChI=1S/C18H15BrN4S/c19-12-5-6-16-14(9-12)17(20)23(18(24)22-16)8-7-11-10-21-15-4-2-1-3-13(11)15/h1-6,9-10,20-21H,7-8H2,(H,22,24). The molecule has 0 atom stereocenters. The Hall–Kier alpha value is -2.18. The third-order valence-electron chi connectivity index (χ3n) is 4.27. The second-order valence-corrected chi connectivity index (χ2v) is 7.03. The van der Waals surface area contributed by atoms with Gasteiger partial charge in [-0.15, -0.1) is 0 Å². The molecule has 0 saturated heterocycles. The normalized spacial score (nSPS) is 11.4. The van der Waals surface area contributed by atoms with E-state index in [1.165, 1.54) is 10.9 Å². The Morgan fingerprint density at radius 1 is 1.08 bits per heavy atom. The lowest BCUT2D eigenvalue weighted by atomic mass is 10.1. The van der Waals surface area contributed by atoms with Gasteiger partial charge >= 0.3 is 0 Å². The molecule has 0 spiro atoms. The second kappa shape index (κ2) is 6.03. The Balaban J connectivity index is 1.74. The van der Waals surface area contributed by atoms with Crippen molar-refractivity contribution < 1.29 is 0 Å². The average Bonchev–Trinajstić information content (AvgIpc) is 2.99. The van der Waals surface area contributed by atoms with E-state index in [1.807, 2.05) is 41.1 Å². The van der Waals surface area contributed by atoms with Gasteiger partial charge in [-0.1, -0.05) is 34.1 Å². The summed E-state index contributed by atoms with van der Waals surface area (Å²) < 4.78 is 3.39. The molecule has 2 aromatic heterocycles. The minimum atomic E-state index is 0.440. The fraction of sp³-hybridized carbons (Fsp3) is 0.111. The zero-order chi connectivity index (χ0) is 16.7. The van der Waals surface area contributed by atoms with Gasteiger partial charge in [-0.05, 0) is 48.5 Å². The van der Waals surface area contributed by atoms with Gasteiger partial charge in [0.15, 0.2) is 4.77 Å². The predicted octanol–water partition coefficient (Wildman–Crippen LogP) is 4.66. The molecule has 0 amide bonds. The van der Waals surface area contributed by atoms with Crippen molar-refractivity contribution in [2.45, 2.75) is 13.0 Å². The van der Waals surface area contributed by atoms with Crippen molar-refractivity contribution >= 4 is 50.0 Å². The van der Waals surface area contributed by atoms with Crippen molar-refractivity contribution in [1.82, 2.24) is 14.5 Å². The number of aryl methyl sites for hydroxylation is 1. The molecule has 0 unspecified atom stereocenters. The van der Waals surface area contributed by atoms with Crippen LogP contribution in [0.15, 0.2) is 53.1 Å². The fourth-order valence-corrected chi connectivity index (χ4v) is 3.69. The molecule has 0 radical (unpaired) electrons. The molecule has 0 fully saturated rings. The SMILES string of the molecule is N=c1c2cc(Br)ccc2[nH]c(=S)n1CCc1c[nH]c2ccccc12. The van der Waals surface area contributed by atoms with Crippen molar-refractivity contribution in [3.63, 3.8) is 0 Å². The lowest BCUT2D eigenvalue weighted by molar-refractivity contribution is 0.638. The molecule has 24 heavy (non-hydrogen) atoms. The first kappa shape index (κ1) is 15.4. The van der Waals surface area contributed by atoms with Crippen molar-refractivity contribution in [3.05, 3.63) is 69.0 Å². The zero-order valence-corrected chi connectivity index (χ0v) is 15.2. The monoisotopic (exact) mass is 398 g/mol. The lowest BCUT2D eigenvalue weighted by Gasteiger charge is -2.10. The quantitative estimate of drug-likeness (QED) is 0.431. The van der Waals surface area contributed by atoms with Gasteiger partial charge in [0, 0.05) is 33.5 Å². The maximum absolute atomic E-state index is 8.52. The molecular weight excluding hydrogens is 384 g/mol. The molecule has 0 aliphatic rings. The summed E-state index contributed by atoms with van der Waals surface area (Å²) in [6.07, 6.45) is 2.86. The van der Waals surface area contributed by atoms with E-state index >= 15 is 0 Å². The summed E-state index contributed by atoms with van der Waals surface area (Å²) in [5.74, 6) is 0. The highest BCUT2D eigenvalue weighted by atomic mass is 79.9. The number of aromatic amines is 2. The maximum atomic E-state index is 8.52. The first-order chi connectivity index (χ1) is 11.6. The van der Waals surface area contributed by atoms with Gasteiger partial charge in [0.25, 0.3) is 0 Å². The van der Waals surface area contributed by atoms with Gasteiger partial charge in [-0.2, -0.15) is 0 Å². The fourth-order valence-electron chi connectivity index (χ4n) is 3.04. The van der Waals surface area contributed by atoms with Gasteiger partial charge in [0.1, 0.15) is 5.49 Å². The predicted molar refractivity (Wildman–Crippen MR) is 103 cm³/mol. The van der Waals surface area contributed by atoms with E-state index in [-0.39, 0.29) is 0 Å². The first-order valence-electron chi connectivity index (χ1n) is 7.65. The van der Waals surface area contributed by atoms with Crippen molar-refractivity contribution in [2.75, 3.05) is 0 Å². The van der Waals surface area contributed by atoms with Crippen molar-refractivity contribution in [3.8, 4) is 0 Å². The van der Waals surface area contributed by atoms with Gasteiger partial charge in [0.2, 0.25) is 0 Å². The highest BCUT2D eigenvalue weighted by molar-refractivity contribution is 9.10. The highest BCUT2D eigenvalue weighted by Gasteiger charge is 2.07. The van der Waals surface area contributed by atoms with Gasteiger partial charge in [0.05, 0.1) is 5.52 Å². The summed E-state index contributed by atoms with van der Waals surface area (Å²) >= 11 is 8.93. The molecule has 120 valence electrons. The number of nitrogens with one attached hydrogen (secondary N) is 3. The molecule has 4 aromatic rings. The Morgan fingerprint density at radius 3 is 2.79 bits per heavy atom. The molecular formula is C18H15BrN4S. The molecule has 0 aliphatic heterocycles. The number of hydrogen-bond donors (Lipinski definition) is 3. The number of para-hydroxylation sites is 1. The third-order valence-corrected chi connectivity index (χ3v) is 5.09. The lowest BCUT2D eigenvalue weighted by Crippen LogP contribution is -2.23. The van der Waals surface area contributed by atoms with Crippen LogP contribution in [-0.4, -0.2) is 14.5 Å². The van der Waals surface area contributed by atoms with E-state index in [4.69, 9.17) is 17.6 Å². The Bertz CT molecular complexity index is 1170. The van der Waals surface area contributed by atoms with Gasteiger partial charge in [-0.25, -0.2) is 0 Å². The van der Waals surface area contributed by atoms with E-state index in [2.05, 4.69) is 38.0 Å². The summed E-state index contributed by atoms with van der Waals surface area (Å²) in [5.41, 5.74) is 3.70. The smallest absolute Gasteiger partial charge is 0.179 e. The number of benzene rings is 2. The van der Waals surface area contributed by atoms with E-state index < -0.39 is 0 Å². The van der Waals surface area contributed by atoms with Crippen LogP contribution in [0.2, 0.25) is 0 Å². The molecule has 2 heterocycles. The van der Waals surface area contributed by atoms with Crippen LogP contribution in [0.25, 0.3) is 21.8 Å². The van der Waals surface area contributed by atoms with E-state index in [1.54, 1.807) is 0 Å². The molecule has 0 aliphatic carbocycles. The summed E-state index contributed by atoms with van der Waals surface area (Å²) in [4.78, 5) is 6.52. The molecule has 0 saturated carbocycles.